The molecule has 2 N–H and O–H groups in total. The van der Waals surface area contributed by atoms with Gasteiger partial charge in [-0.2, -0.15) is 0 Å². The molecule has 0 aromatic rings. The van der Waals surface area contributed by atoms with Crippen molar-refractivity contribution in [1.29, 1.82) is 0 Å². The fourth-order valence-corrected chi connectivity index (χ4v) is 2.37. The highest BCUT2D eigenvalue weighted by atomic mass is 16.3. The van der Waals surface area contributed by atoms with E-state index in [1.807, 2.05) is 6.92 Å². The lowest BCUT2D eigenvalue weighted by Gasteiger charge is -2.27. The summed E-state index contributed by atoms with van der Waals surface area (Å²) in [5.41, 5.74) is 1.18. The molecular weight excluding hydrogens is 202 g/mol. The summed E-state index contributed by atoms with van der Waals surface area (Å²) in [5, 5.41) is 12.7. The van der Waals surface area contributed by atoms with Crippen LogP contribution in [-0.4, -0.2) is 23.2 Å². The Morgan fingerprint density at radius 3 is 2.56 bits per heavy atom. The van der Waals surface area contributed by atoms with Gasteiger partial charge in [-0.25, -0.2) is 0 Å². The predicted octanol–water partition coefficient (Wildman–Crippen LogP) is 1.76. The summed E-state index contributed by atoms with van der Waals surface area (Å²) < 4.78 is 0. The number of allylic oxidation sites excluding steroid dienone is 1. The van der Waals surface area contributed by atoms with Crippen LogP contribution >= 0.6 is 0 Å². The van der Waals surface area contributed by atoms with Gasteiger partial charge in [-0.15, -0.1) is 0 Å². The van der Waals surface area contributed by atoms with Gasteiger partial charge < -0.3 is 10.4 Å². The molecule has 2 aliphatic rings. The molecule has 3 heteroatoms. The third-order valence-corrected chi connectivity index (χ3v) is 3.64. The summed E-state index contributed by atoms with van der Waals surface area (Å²) in [7, 11) is 0. The van der Waals surface area contributed by atoms with E-state index in [4.69, 9.17) is 0 Å². The van der Waals surface area contributed by atoms with Gasteiger partial charge in [0, 0.05) is 6.08 Å². The normalized spacial score (nSPS) is 31.2. The molecule has 2 fully saturated rings. The smallest absolute Gasteiger partial charge is 0.244 e. The molecule has 0 aromatic carbocycles. The van der Waals surface area contributed by atoms with Gasteiger partial charge in [0.1, 0.15) is 0 Å². The summed E-state index contributed by atoms with van der Waals surface area (Å²) in [6.07, 6.45) is 7.70. The maximum absolute atomic E-state index is 11.7. The third kappa shape index (κ3) is 3.08. The molecule has 0 saturated heterocycles. The highest BCUT2D eigenvalue weighted by Crippen LogP contribution is 2.35. The van der Waals surface area contributed by atoms with Gasteiger partial charge in [-0.3, -0.25) is 4.79 Å². The number of carbonyl (C=O) groups is 1. The number of hydrogen-bond donors (Lipinski definition) is 2. The van der Waals surface area contributed by atoms with Gasteiger partial charge in [0.2, 0.25) is 5.91 Å². The molecule has 0 radical (unpaired) electrons. The second-order valence-electron chi connectivity index (χ2n) is 5.13. The molecule has 0 spiro atoms. The third-order valence-electron chi connectivity index (χ3n) is 3.64. The summed E-state index contributed by atoms with van der Waals surface area (Å²) in [6.45, 7) is 2.02. The number of carbonyl (C=O) groups excluding carboxylic acids is 1. The lowest BCUT2D eigenvalue weighted by atomic mass is 9.92. The van der Waals surface area contributed by atoms with Gasteiger partial charge in [0.25, 0.3) is 0 Å². The van der Waals surface area contributed by atoms with Crippen molar-refractivity contribution in [1.82, 2.24) is 5.32 Å². The first-order chi connectivity index (χ1) is 7.66. The van der Waals surface area contributed by atoms with E-state index in [1.54, 1.807) is 6.08 Å². The first-order valence-electron chi connectivity index (χ1n) is 6.33. The summed E-state index contributed by atoms with van der Waals surface area (Å²) in [5.74, 6) is 0.609. The van der Waals surface area contributed by atoms with Gasteiger partial charge >= 0.3 is 0 Å². The standard InChI is InChI=1S/C13H21NO2/c1-9(10-6-7-10)8-13(16)14-11-4-2-3-5-12(11)15/h8,10-12,15H,2-7H2,1H3,(H,14,16)/b9-8+/t11-,12-/m1/s1. The van der Waals surface area contributed by atoms with Gasteiger partial charge in [0.05, 0.1) is 12.1 Å². The number of rotatable bonds is 3. The van der Waals surface area contributed by atoms with Crippen molar-refractivity contribution in [3.63, 3.8) is 0 Å². The van der Waals surface area contributed by atoms with Crippen LogP contribution in [0.25, 0.3) is 0 Å². The Hall–Kier alpha value is -0.830. The molecule has 0 aromatic heterocycles. The number of amides is 1. The van der Waals surface area contributed by atoms with E-state index in [2.05, 4.69) is 5.32 Å². The minimum atomic E-state index is -0.354. The molecule has 2 saturated carbocycles. The van der Waals surface area contributed by atoms with E-state index >= 15 is 0 Å². The topological polar surface area (TPSA) is 49.3 Å². The largest absolute Gasteiger partial charge is 0.391 e. The van der Waals surface area contributed by atoms with Crippen LogP contribution in [0.2, 0.25) is 0 Å². The first kappa shape index (κ1) is 11.6. The number of aliphatic hydroxyl groups excluding tert-OH is 1. The second-order valence-corrected chi connectivity index (χ2v) is 5.13. The van der Waals surface area contributed by atoms with Crippen LogP contribution in [-0.2, 0) is 4.79 Å². The lowest BCUT2D eigenvalue weighted by molar-refractivity contribution is -0.118. The van der Waals surface area contributed by atoms with Crippen LogP contribution in [0, 0.1) is 5.92 Å². The molecule has 90 valence electrons. The molecule has 0 unspecified atom stereocenters. The Kier molecular flexibility index (Phi) is 3.64. The highest BCUT2D eigenvalue weighted by Gasteiger charge is 2.26. The first-order valence-corrected chi connectivity index (χ1v) is 6.33. The fraction of sp³-hybridized carbons (Fsp3) is 0.769. The molecule has 16 heavy (non-hydrogen) atoms. The zero-order valence-electron chi connectivity index (χ0n) is 9.91. The Morgan fingerprint density at radius 2 is 1.94 bits per heavy atom. The maximum atomic E-state index is 11.7. The van der Waals surface area contributed by atoms with Crippen molar-refractivity contribution in [3.8, 4) is 0 Å². The van der Waals surface area contributed by atoms with Crippen molar-refractivity contribution < 1.29 is 9.90 Å². The van der Waals surface area contributed by atoms with E-state index in [1.165, 1.54) is 18.4 Å². The van der Waals surface area contributed by atoms with Gasteiger partial charge in [0.15, 0.2) is 0 Å². The number of hydrogen-bond acceptors (Lipinski definition) is 2. The Labute approximate surface area is 96.9 Å². The Bertz CT molecular complexity index is 294. The van der Waals surface area contributed by atoms with Crippen LogP contribution < -0.4 is 5.32 Å². The molecule has 0 bridgehead atoms. The number of aliphatic hydroxyl groups is 1. The summed E-state index contributed by atoms with van der Waals surface area (Å²) in [6, 6.07) is -0.0375. The highest BCUT2D eigenvalue weighted by molar-refractivity contribution is 5.88. The lowest BCUT2D eigenvalue weighted by Crippen LogP contribution is -2.44. The molecule has 2 atom stereocenters. The molecule has 0 aliphatic heterocycles. The SMILES string of the molecule is C/C(=C\C(=O)N[C@@H]1CCCC[C@H]1O)C1CC1. The molecular formula is C13H21NO2. The zero-order valence-corrected chi connectivity index (χ0v) is 9.91. The van der Waals surface area contributed by atoms with E-state index in [9.17, 15) is 9.90 Å². The van der Waals surface area contributed by atoms with Crippen molar-refractivity contribution in [2.45, 2.75) is 57.6 Å². The monoisotopic (exact) mass is 223 g/mol. The fourth-order valence-electron chi connectivity index (χ4n) is 2.37. The average Bonchev–Trinajstić information content (AvgIpc) is 3.04. The minimum Gasteiger partial charge on any atom is -0.391 e. The van der Waals surface area contributed by atoms with Crippen LogP contribution in [0.3, 0.4) is 0 Å². The van der Waals surface area contributed by atoms with E-state index in [0.717, 1.165) is 25.7 Å². The van der Waals surface area contributed by atoms with Crippen LogP contribution in [0.4, 0.5) is 0 Å². The predicted molar refractivity (Wildman–Crippen MR) is 62.9 cm³/mol. The molecule has 1 amide bonds. The summed E-state index contributed by atoms with van der Waals surface area (Å²) in [4.78, 5) is 11.7. The average molecular weight is 223 g/mol. The van der Waals surface area contributed by atoms with Crippen molar-refractivity contribution in [3.05, 3.63) is 11.6 Å². The van der Waals surface area contributed by atoms with Crippen molar-refractivity contribution in [2.75, 3.05) is 0 Å². The van der Waals surface area contributed by atoms with Crippen LogP contribution in [0.1, 0.15) is 45.4 Å². The van der Waals surface area contributed by atoms with Crippen LogP contribution in [0.5, 0.6) is 0 Å². The van der Waals surface area contributed by atoms with Crippen molar-refractivity contribution in [2.24, 2.45) is 5.92 Å². The minimum absolute atomic E-state index is 0.0321. The van der Waals surface area contributed by atoms with Crippen LogP contribution in [0.15, 0.2) is 11.6 Å². The van der Waals surface area contributed by atoms with Gasteiger partial charge in [-0.05, 0) is 38.5 Å². The molecule has 2 aliphatic carbocycles. The van der Waals surface area contributed by atoms with E-state index < -0.39 is 0 Å². The van der Waals surface area contributed by atoms with E-state index in [-0.39, 0.29) is 18.1 Å². The molecule has 0 heterocycles. The molecule has 3 nitrogen and oxygen atoms in total. The zero-order chi connectivity index (χ0) is 11.5. The van der Waals surface area contributed by atoms with E-state index in [0.29, 0.717) is 5.92 Å². The quantitative estimate of drug-likeness (QED) is 0.716. The number of nitrogens with one attached hydrogen (secondary N) is 1. The second kappa shape index (κ2) is 5.00. The molecule has 2 rings (SSSR count). The van der Waals surface area contributed by atoms with Crippen molar-refractivity contribution >= 4 is 5.91 Å². The summed E-state index contributed by atoms with van der Waals surface area (Å²) >= 11 is 0. The Balaban J connectivity index is 1.83. The Morgan fingerprint density at radius 1 is 1.25 bits per heavy atom. The van der Waals surface area contributed by atoms with Gasteiger partial charge in [-0.1, -0.05) is 18.4 Å². The maximum Gasteiger partial charge on any atom is 0.244 e.